The molecule has 0 saturated carbocycles. The zero-order valence-corrected chi connectivity index (χ0v) is 12.6. The van der Waals surface area contributed by atoms with Crippen LogP contribution in [-0.2, 0) is 15.9 Å². The summed E-state index contributed by atoms with van der Waals surface area (Å²) in [5.74, 6) is -0.227. The number of ether oxygens (including phenoxy) is 2. The summed E-state index contributed by atoms with van der Waals surface area (Å²) in [5.41, 5.74) is 7.16. The molecule has 20 heavy (non-hydrogen) atoms. The lowest BCUT2D eigenvalue weighted by Crippen LogP contribution is -2.40. The zero-order valence-electron chi connectivity index (χ0n) is 12.6. The van der Waals surface area contributed by atoms with Crippen molar-refractivity contribution in [2.75, 3.05) is 45.4 Å². The molecule has 0 spiro atoms. The molecule has 0 aromatic heterocycles. The van der Waals surface area contributed by atoms with Crippen molar-refractivity contribution in [2.45, 2.75) is 19.4 Å². The van der Waals surface area contributed by atoms with Crippen LogP contribution in [0.25, 0.3) is 0 Å². The lowest BCUT2D eigenvalue weighted by Gasteiger charge is -2.32. The fourth-order valence-electron chi connectivity index (χ4n) is 2.31. The molecule has 1 atom stereocenters. The Balaban J connectivity index is 3.10. The summed E-state index contributed by atoms with van der Waals surface area (Å²) in [6, 6.07) is 5.18. The van der Waals surface area contributed by atoms with Gasteiger partial charge in [0.15, 0.2) is 0 Å². The van der Waals surface area contributed by atoms with Crippen molar-refractivity contribution in [3.63, 3.8) is 0 Å². The predicted octanol–water partition coefficient (Wildman–Crippen LogP) is 1.81. The van der Waals surface area contributed by atoms with Crippen LogP contribution < -0.4 is 10.6 Å². The summed E-state index contributed by atoms with van der Waals surface area (Å²) in [6.07, 6.45) is 0.649. The van der Waals surface area contributed by atoms with Crippen LogP contribution >= 0.6 is 0 Å². The van der Waals surface area contributed by atoms with Crippen LogP contribution in [0, 0.1) is 5.82 Å². The van der Waals surface area contributed by atoms with Crippen LogP contribution in [0.2, 0.25) is 0 Å². The van der Waals surface area contributed by atoms with Crippen molar-refractivity contribution in [1.29, 1.82) is 0 Å². The fourth-order valence-corrected chi connectivity index (χ4v) is 2.31. The number of hydrogen-bond donors (Lipinski definition) is 1. The quantitative estimate of drug-likeness (QED) is 0.751. The van der Waals surface area contributed by atoms with Crippen LogP contribution in [0.5, 0.6) is 0 Å². The number of nitrogens with two attached hydrogens (primary N) is 1. The summed E-state index contributed by atoms with van der Waals surface area (Å²) >= 11 is 0. The Hall–Kier alpha value is -1.17. The molecule has 4 nitrogen and oxygen atoms in total. The Morgan fingerprint density at radius 2 is 2.05 bits per heavy atom. The van der Waals surface area contributed by atoms with Crippen LogP contribution in [0.15, 0.2) is 18.2 Å². The number of rotatable bonds is 9. The molecule has 0 fully saturated rings. The van der Waals surface area contributed by atoms with Gasteiger partial charge in [0.05, 0.1) is 18.9 Å². The van der Waals surface area contributed by atoms with Gasteiger partial charge in [-0.25, -0.2) is 4.39 Å². The Kier molecular flexibility index (Phi) is 7.51. The SMILES string of the molecule is COCCN(c1c(F)cccc1CCN)C(C)COC. The molecule has 0 aliphatic rings. The van der Waals surface area contributed by atoms with E-state index in [2.05, 4.69) is 0 Å². The van der Waals surface area contributed by atoms with E-state index >= 15 is 0 Å². The first-order valence-corrected chi connectivity index (χ1v) is 6.87. The Morgan fingerprint density at radius 3 is 2.65 bits per heavy atom. The second-order valence-corrected chi connectivity index (χ2v) is 4.78. The molecule has 0 heterocycles. The molecular weight excluding hydrogens is 259 g/mol. The molecule has 0 aliphatic heterocycles. The molecule has 1 unspecified atom stereocenters. The van der Waals surface area contributed by atoms with Gasteiger partial charge in [0.1, 0.15) is 5.82 Å². The topological polar surface area (TPSA) is 47.7 Å². The molecule has 1 aromatic carbocycles. The van der Waals surface area contributed by atoms with Gasteiger partial charge in [-0.1, -0.05) is 12.1 Å². The van der Waals surface area contributed by atoms with Gasteiger partial charge in [0.2, 0.25) is 0 Å². The third-order valence-corrected chi connectivity index (χ3v) is 3.25. The second-order valence-electron chi connectivity index (χ2n) is 4.78. The minimum atomic E-state index is -0.227. The van der Waals surface area contributed by atoms with Crippen molar-refractivity contribution in [2.24, 2.45) is 5.73 Å². The van der Waals surface area contributed by atoms with E-state index in [-0.39, 0.29) is 11.9 Å². The lowest BCUT2D eigenvalue weighted by atomic mass is 10.1. The first-order valence-electron chi connectivity index (χ1n) is 6.87. The number of methoxy groups -OCH3 is 2. The van der Waals surface area contributed by atoms with Gasteiger partial charge in [0.25, 0.3) is 0 Å². The number of halogens is 1. The van der Waals surface area contributed by atoms with Crippen molar-refractivity contribution < 1.29 is 13.9 Å². The molecule has 0 bridgehead atoms. The van der Waals surface area contributed by atoms with Crippen LogP contribution in [0.4, 0.5) is 10.1 Å². The maximum Gasteiger partial charge on any atom is 0.146 e. The van der Waals surface area contributed by atoms with Gasteiger partial charge in [-0.05, 0) is 31.5 Å². The highest BCUT2D eigenvalue weighted by molar-refractivity contribution is 5.56. The van der Waals surface area contributed by atoms with Gasteiger partial charge >= 0.3 is 0 Å². The van der Waals surface area contributed by atoms with Crippen molar-refractivity contribution in [3.8, 4) is 0 Å². The molecule has 114 valence electrons. The molecular formula is C15H25FN2O2. The highest BCUT2D eigenvalue weighted by Crippen LogP contribution is 2.26. The van der Waals surface area contributed by atoms with Crippen LogP contribution in [0.3, 0.4) is 0 Å². The van der Waals surface area contributed by atoms with E-state index in [1.165, 1.54) is 6.07 Å². The normalized spacial score (nSPS) is 12.4. The van der Waals surface area contributed by atoms with E-state index in [1.807, 2.05) is 17.9 Å². The summed E-state index contributed by atoms with van der Waals surface area (Å²) in [5, 5.41) is 0. The molecule has 0 radical (unpaired) electrons. The Labute approximate surface area is 120 Å². The minimum Gasteiger partial charge on any atom is -0.383 e. The first-order chi connectivity index (χ1) is 9.65. The number of anilines is 1. The average molecular weight is 284 g/mol. The summed E-state index contributed by atoms with van der Waals surface area (Å²) < 4.78 is 24.6. The zero-order chi connectivity index (χ0) is 15.0. The van der Waals surface area contributed by atoms with E-state index in [9.17, 15) is 4.39 Å². The van der Waals surface area contributed by atoms with Gasteiger partial charge in [-0.2, -0.15) is 0 Å². The minimum absolute atomic E-state index is 0.0589. The highest BCUT2D eigenvalue weighted by atomic mass is 19.1. The van der Waals surface area contributed by atoms with E-state index in [0.717, 1.165) is 5.56 Å². The van der Waals surface area contributed by atoms with Gasteiger partial charge in [0, 0.05) is 26.8 Å². The highest BCUT2D eigenvalue weighted by Gasteiger charge is 2.20. The van der Waals surface area contributed by atoms with Gasteiger partial charge in [-0.15, -0.1) is 0 Å². The second kappa shape index (κ2) is 8.89. The number of nitrogens with zero attached hydrogens (tertiary/aromatic N) is 1. The number of hydrogen-bond acceptors (Lipinski definition) is 4. The summed E-state index contributed by atoms with van der Waals surface area (Å²) in [4.78, 5) is 1.99. The maximum atomic E-state index is 14.3. The Bertz CT molecular complexity index is 401. The smallest absolute Gasteiger partial charge is 0.146 e. The standard InChI is InChI=1S/C15H25FN2O2/c1-12(11-20-3)18(9-10-19-2)15-13(7-8-17)5-4-6-14(15)16/h4-6,12H,7-11,17H2,1-3H3. The van der Waals surface area contributed by atoms with Crippen molar-refractivity contribution in [1.82, 2.24) is 0 Å². The summed E-state index contributed by atoms with van der Waals surface area (Å²) in [6.45, 7) is 4.18. The van der Waals surface area contributed by atoms with E-state index in [1.54, 1.807) is 20.3 Å². The third kappa shape index (κ3) is 4.44. The van der Waals surface area contributed by atoms with Crippen molar-refractivity contribution in [3.05, 3.63) is 29.6 Å². The molecule has 1 aromatic rings. The van der Waals surface area contributed by atoms with E-state index in [4.69, 9.17) is 15.2 Å². The Morgan fingerprint density at radius 1 is 1.30 bits per heavy atom. The maximum absolute atomic E-state index is 14.3. The van der Waals surface area contributed by atoms with Crippen LogP contribution in [-0.4, -0.2) is 46.6 Å². The molecule has 0 saturated heterocycles. The van der Waals surface area contributed by atoms with Crippen molar-refractivity contribution >= 4 is 5.69 Å². The molecule has 5 heteroatoms. The lowest BCUT2D eigenvalue weighted by molar-refractivity contribution is 0.170. The molecule has 1 rings (SSSR count). The average Bonchev–Trinajstić information content (AvgIpc) is 2.42. The van der Waals surface area contributed by atoms with E-state index in [0.29, 0.717) is 38.4 Å². The third-order valence-electron chi connectivity index (χ3n) is 3.25. The van der Waals surface area contributed by atoms with Gasteiger partial charge in [-0.3, -0.25) is 0 Å². The molecule has 0 aliphatic carbocycles. The fraction of sp³-hybridized carbons (Fsp3) is 0.600. The summed E-state index contributed by atoms with van der Waals surface area (Å²) in [7, 11) is 3.29. The largest absolute Gasteiger partial charge is 0.383 e. The van der Waals surface area contributed by atoms with Gasteiger partial charge < -0.3 is 20.1 Å². The molecule has 0 amide bonds. The van der Waals surface area contributed by atoms with E-state index < -0.39 is 0 Å². The number of para-hydroxylation sites is 1. The first kappa shape index (κ1) is 16.9. The molecule has 2 N–H and O–H groups in total. The monoisotopic (exact) mass is 284 g/mol. The number of benzene rings is 1. The van der Waals surface area contributed by atoms with Crippen LogP contribution in [0.1, 0.15) is 12.5 Å². The predicted molar refractivity (Wildman–Crippen MR) is 79.7 cm³/mol.